The zero-order valence-corrected chi connectivity index (χ0v) is 26.6. The van der Waals surface area contributed by atoms with Crippen LogP contribution in [0.4, 0.5) is 38.9 Å². The number of piperidine rings is 1. The highest BCUT2D eigenvalue weighted by Crippen LogP contribution is 2.39. The SMILES string of the molecule is CCN1CCN(C2CCN(c3ccc(Nc4nc(Nc5cccc6c5N(S(C)(=O)=O)CC6)c5cc[nH]c5n4)cc3F)CC2)CC1. The van der Waals surface area contributed by atoms with Crippen LogP contribution in [0.5, 0.6) is 0 Å². The van der Waals surface area contributed by atoms with Gasteiger partial charge in [0, 0.05) is 63.7 Å². The van der Waals surface area contributed by atoms with Gasteiger partial charge in [0.25, 0.3) is 0 Å². The monoisotopic (exact) mass is 633 g/mol. The number of hydrogen-bond acceptors (Lipinski definition) is 9. The number of likely N-dealkylation sites (N-methyl/N-ethyl adjacent to an activating group) is 1. The largest absolute Gasteiger partial charge is 0.369 e. The van der Waals surface area contributed by atoms with Gasteiger partial charge in [-0.15, -0.1) is 0 Å². The number of benzene rings is 2. The minimum Gasteiger partial charge on any atom is -0.369 e. The van der Waals surface area contributed by atoms with Gasteiger partial charge < -0.3 is 25.4 Å². The second-order valence-corrected chi connectivity index (χ2v) is 14.0. The Morgan fingerprint density at radius 3 is 2.51 bits per heavy atom. The molecule has 238 valence electrons. The van der Waals surface area contributed by atoms with E-state index in [2.05, 4.69) is 42.2 Å². The minimum absolute atomic E-state index is 0.282. The Bertz CT molecular complexity index is 1800. The van der Waals surface area contributed by atoms with E-state index in [1.165, 1.54) is 16.6 Å². The number of H-pyrrole nitrogens is 1. The van der Waals surface area contributed by atoms with Crippen LogP contribution in [0.2, 0.25) is 0 Å². The number of fused-ring (bicyclic) bond motifs is 2. The molecular weight excluding hydrogens is 593 g/mol. The van der Waals surface area contributed by atoms with E-state index in [-0.39, 0.29) is 11.8 Å². The summed E-state index contributed by atoms with van der Waals surface area (Å²) in [4.78, 5) is 19.7. The summed E-state index contributed by atoms with van der Waals surface area (Å²) < 4.78 is 41.9. The van der Waals surface area contributed by atoms with Crippen LogP contribution in [0.15, 0.2) is 48.7 Å². The number of nitrogens with one attached hydrogen (secondary N) is 3. The third-order valence-electron chi connectivity index (χ3n) is 9.40. The summed E-state index contributed by atoms with van der Waals surface area (Å²) in [5, 5.41) is 7.27. The molecular formula is C32H40FN9O2S. The first kappa shape index (κ1) is 29.8. The van der Waals surface area contributed by atoms with Gasteiger partial charge in [-0.1, -0.05) is 19.1 Å². The van der Waals surface area contributed by atoms with Crippen molar-refractivity contribution in [2.24, 2.45) is 0 Å². The van der Waals surface area contributed by atoms with Crippen molar-refractivity contribution >= 4 is 55.6 Å². The Kier molecular flexibility index (Phi) is 8.00. The maximum Gasteiger partial charge on any atom is 0.232 e. The molecule has 3 aliphatic rings. The zero-order chi connectivity index (χ0) is 31.1. The van der Waals surface area contributed by atoms with Gasteiger partial charge in [0.1, 0.15) is 17.3 Å². The van der Waals surface area contributed by atoms with Gasteiger partial charge in [-0.2, -0.15) is 9.97 Å². The molecule has 0 spiro atoms. The molecule has 0 amide bonds. The fourth-order valence-electron chi connectivity index (χ4n) is 6.96. The highest BCUT2D eigenvalue weighted by atomic mass is 32.2. The average molecular weight is 634 g/mol. The number of rotatable bonds is 8. The lowest BCUT2D eigenvalue weighted by Crippen LogP contribution is -2.53. The van der Waals surface area contributed by atoms with Crippen LogP contribution in [0, 0.1) is 5.82 Å². The molecule has 7 rings (SSSR count). The molecule has 4 aromatic rings. The molecule has 2 aromatic heterocycles. The number of aromatic amines is 1. The Hall–Kier alpha value is -3.94. The lowest BCUT2D eigenvalue weighted by Gasteiger charge is -2.43. The standard InChI is InChI=1S/C32H40FN9O2S/c1-3-39-17-19-40(20-18-39)24-11-14-41(15-12-24)28-8-7-23(21-26(28)33)35-32-37-30-25(9-13-34-30)31(38-32)36-27-6-4-5-22-10-16-42(29(22)27)45(2,43)44/h4-9,13,21,24H,3,10-12,14-20H2,1-2H3,(H3,34,35,36,37,38). The number of para-hydroxylation sites is 1. The maximum absolute atomic E-state index is 15.5. The molecule has 3 aliphatic heterocycles. The van der Waals surface area contributed by atoms with E-state index in [0.717, 1.165) is 69.6 Å². The molecule has 11 nitrogen and oxygen atoms in total. The Morgan fingerprint density at radius 2 is 1.78 bits per heavy atom. The van der Waals surface area contributed by atoms with Crippen molar-refractivity contribution in [1.82, 2.24) is 24.8 Å². The summed E-state index contributed by atoms with van der Waals surface area (Å²) in [5.74, 6) is 0.514. The molecule has 2 aromatic carbocycles. The third kappa shape index (κ3) is 6.03. The minimum atomic E-state index is -3.44. The topological polar surface area (TPSA) is 113 Å². The van der Waals surface area contributed by atoms with E-state index >= 15 is 4.39 Å². The molecule has 5 heterocycles. The van der Waals surface area contributed by atoms with E-state index in [0.29, 0.717) is 53.2 Å². The van der Waals surface area contributed by atoms with Gasteiger partial charge in [0.15, 0.2) is 0 Å². The summed E-state index contributed by atoms with van der Waals surface area (Å²) in [6.45, 7) is 9.91. The maximum atomic E-state index is 15.5. The van der Waals surface area contributed by atoms with Gasteiger partial charge in [-0.05, 0) is 61.7 Å². The molecule has 13 heteroatoms. The second-order valence-electron chi connectivity index (χ2n) is 12.1. The van der Waals surface area contributed by atoms with Crippen LogP contribution >= 0.6 is 0 Å². The highest BCUT2D eigenvalue weighted by molar-refractivity contribution is 7.92. The Morgan fingerprint density at radius 1 is 0.978 bits per heavy atom. The second kappa shape index (κ2) is 12.1. The predicted octanol–water partition coefficient (Wildman–Crippen LogP) is 4.51. The van der Waals surface area contributed by atoms with E-state index in [9.17, 15) is 8.42 Å². The van der Waals surface area contributed by atoms with Crippen LogP contribution in [0.25, 0.3) is 11.0 Å². The van der Waals surface area contributed by atoms with Gasteiger partial charge in [-0.3, -0.25) is 9.21 Å². The average Bonchev–Trinajstić information content (AvgIpc) is 3.70. The van der Waals surface area contributed by atoms with Crippen LogP contribution < -0.4 is 19.8 Å². The summed E-state index contributed by atoms with van der Waals surface area (Å²) >= 11 is 0. The molecule has 0 unspecified atom stereocenters. The molecule has 0 aliphatic carbocycles. The van der Waals surface area contributed by atoms with Crippen LogP contribution in [0.3, 0.4) is 0 Å². The number of nitrogens with zero attached hydrogens (tertiary/aromatic N) is 6. The smallest absolute Gasteiger partial charge is 0.232 e. The highest BCUT2D eigenvalue weighted by Gasteiger charge is 2.30. The Balaban J connectivity index is 1.06. The molecule has 3 N–H and O–H groups in total. The van der Waals surface area contributed by atoms with Crippen LogP contribution in [-0.2, 0) is 16.4 Å². The number of piperazine rings is 1. The summed E-state index contributed by atoms with van der Waals surface area (Å²) in [5.41, 5.74) is 3.99. The lowest BCUT2D eigenvalue weighted by atomic mass is 10.0. The van der Waals surface area contributed by atoms with Crippen molar-refractivity contribution in [2.45, 2.75) is 32.2 Å². The van der Waals surface area contributed by atoms with Gasteiger partial charge in [-0.25, -0.2) is 12.8 Å². The first-order valence-corrected chi connectivity index (χ1v) is 17.6. The summed E-state index contributed by atoms with van der Waals surface area (Å²) in [6.07, 6.45) is 5.72. The fourth-order valence-corrected chi connectivity index (χ4v) is 7.93. The van der Waals surface area contributed by atoms with E-state index in [4.69, 9.17) is 4.98 Å². The zero-order valence-electron chi connectivity index (χ0n) is 25.8. The molecule has 2 saturated heterocycles. The number of sulfonamides is 1. The number of hydrogen-bond donors (Lipinski definition) is 3. The summed E-state index contributed by atoms with van der Waals surface area (Å²) in [7, 11) is -3.44. The number of halogens is 1. The van der Waals surface area contributed by atoms with Crippen molar-refractivity contribution in [3.05, 3.63) is 60.0 Å². The lowest BCUT2D eigenvalue weighted by molar-refractivity contribution is 0.0878. The first-order chi connectivity index (χ1) is 21.8. The quantitative estimate of drug-likeness (QED) is 0.258. The fraction of sp³-hybridized carbons (Fsp3) is 0.438. The number of anilines is 6. The van der Waals surface area contributed by atoms with E-state index < -0.39 is 10.0 Å². The Labute approximate surface area is 263 Å². The van der Waals surface area contributed by atoms with Gasteiger partial charge >= 0.3 is 0 Å². The molecule has 0 bridgehead atoms. The van der Waals surface area contributed by atoms with Crippen molar-refractivity contribution < 1.29 is 12.8 Å². The van der Waals surface area contributed by atoms with Crippen molar-refractivity contribution in [3.8, 4) is 0 Å². The summed E-state index contributed by atoms with van der Waals surface area (Å²) in [6, 6.07) is 13.3. The van der Waals surface area contributed by atoms with E-state index in [1.54, 1.807) is 6.20 Å². The predicted molar refractivity (Wildman–Crippen MR) is 178 cm³/mol. The third-order valence-corrected chi connectivity index (χ3v) is 10.6. The molecule has 0 atom stereocenters. The molecule has 0 radical (unpaired) electrons. The molecule has 0 saturated carbocycles. The van der Waals surface area contributed by atoms with Crippen LogP contribution in [0.1, 0.15) is 25.3 Å². The van der Waals surface area contributed by atoms with Crippen molar-refractivity contribution in [3.63, 3.8) is 0 Å². The number of aromatic nitrogens is 3. The van der Waals surface area contributed by atoms with Crippen molar-refractivity contribution in [1.29, 1.82) is 0 Å². The first-order valence-electron chi connectivity index (χ1n) is 15.8. The van der Waals surface area contributed by atoms with Gasteiger partial charge in [0.05, 0.1) is 28.7 Å². The molecule has 45 heavy (non-hydrogen) atoms. The molecule has 2 fully saturated rings. The van der Waals surface area contributed by atoms with Crippen molar-refractivity contribution in [2.75, 3.05) is 78.5 Å². The van der Waals surface area contributed by atoms with Gasteiger partial charge in [0.2, 0.25) is 16.0 Å². The normalized spacial score (nSPS) is 18.5. The van der Waals surface area contributed by atoms with E-state index in [1.807, 2.05) is 36.4 Å². The van der Waals surface area contributed by atoms with Crippen LogP contribution in [-0.4, -0.2) is 97.8 Å².